The monoisotopic (exact) mass is 318 g/mol. The van der Waals surface area contributed by atoms with Gasteiger partial charge in [0.15, 0.2) is 11.5 Å². The summed E-state index contributed by atoms with van der Waals surface area (Å²) in [5.41, 5.74) is 1.08. The zero-order chi connectivity index (χ0) is 13.4. The molecular formula is C13H19BrO4. The Morgan fingerprint density at radius 3 is 2.06 bits per heavy atom. The van der Waals surface area contributed by atoms with Crippen LogP contribution in [0.5, 0.6) is 17.2 Å². The molecule has 0 aliphatic heterocycles. The fraction of sp³-hybridized carbons (Fsp3) is 0.538. The minimum absolute atomic E-state index is 0.564. The fourth-order valence-corrected chi connectivity index (χ4v) is 1.85. The maximum Gasteiger partial charge on any atom is 0.203 e. The van der Waals surface area contributed by atoms with Crippen molar-refractivity contribution in [2.24, 2.45) is 0 Å². The largest absolute Gasteiger partial charge is 0.493 e. The van der Waals surface area contributed by atoms with Crippen LogP contribution >= 0.6 is 15.9 Å². The van der Waals surface area contributed by atoms with Gasteiger partial charge in [0.1, 0.15) is 0 Å². The molecule has 0 aromatic heterocycles. The van der Waals surface area contributed by atoms with E-state index in [1.807, 2.05) is 12.1 Å². The maximum atomic E-state index is 5.71. The molecule has 0 fully saturated rings. The third-order valence-electron chi connectivity index (χ3n) is 2.41. The van der Waals surface area contributed by atoms with Gasteiger partial charge in [0.25, 0.3) is 0 Å². The first kappa shape index (κ1) is 15.1. The molecule has 0 amide bonds. The smallest absolute Gasteiger partial charge is 0.203 e. The quantitative estimate of drug-likeness (QED) is 0.545. The van der Waals surface area contributed by atoms with Crippen LogP contribution in [-0.4, -0.2) is 34.5 Å². The minimum Gasteiger partial charge on any atom is -0.493 e. The van der Waals surface area contributed by atoms with E-state index in [1.165, 1.54) is 0 Å². The highest BCUT2D eigenvalue weighted by Crippen LogP contribution is 2.39. The van der Waals surface area contributed by atoms with E-state index >= 15 is 0 Å². The molecule has 1 rings (SSSR count). The Morgan fingerprint density at radius 1 is 1.00 bits per heavy atom. The first-order valence-corrected chi connectivity index (χ1v) is 6.81. The Hall–Kier alpha value is -0.940. The molecule has 102 valence electrons. The average Bonchev–Trinajstić information content (AvgIpc) is 2.42. The number of alkyl halides is 1. The predicted octanol–water partition coefficient (Wildman–Crippen LogP) is 3.01. The molecule has 0 heterocycles. The van der Waals surface area contributed by atoms with Crippen LogP contribution in [0.1, 0.15) is 12.0 Å². The van der Waals surface area contributed by atoms with Crippen molar-refractivity contribution in [3.63, 3.8) is 0 Å². The maximum absolute atomic E-state index is 5.71. The number of hydrogen-bond donors (Lipinski definition) is 0. The van der Waals surface area contributed by atoms with Gasteiger partial charge in [-0.3, -0.25) is 0 Å². The summed E-state index contributed by atoms with van der Waals surface area (Å²) in [6.07, 6.45) is 0.822. The van der Waals surface area contributed by atoms with Crippen LogP contribution in [0.15, 0.2) is 12.1 Å². The van der Waals surface area contributed by atoms with Gasteiger partial charge in [-0.2, -0.15) is 0 Å². The fourth-order valence-electron chi connectivity index (χ4n) is 1.53. The van der Waals surface area contributed by atoms with Crippen LogP contribution in [0.2, 0.25) is 0 Å². The van der Waals surface area contributed by atoms with Crippen LogP contribution < -0.4 is 14.2 Å². The van der Waals surface area contributed by atoms with Gasteiger partial charge >= 0.3 is 0 Å². The second kappa shape index (κ2) is 8.21. The minimum atomic E-state index is 0.564. The van der Waals surface area contributed by atoms with Crippen molar-refractivity contribution in [1.29, 1.82) is 0 Å². The highest BCUT2D eigenvalue weighted by atomic mass is 79.9. The Bertz CT molecular complexity index is 343. The second-order valence-corrected chi connectivity index (χ2v) is 4.22. The van der Waals surface area contributed by atoms with Gasteiger partial charge in [0.05, 0.1) is 20.8 Å². The molecule has 0 spiro atoms. The van der Waals surface area contributed by atoms with E-state index in [0.717, 1.165) is 17.3 Å². The summed E-state index contributed by atoms with van der Waals surface area (Å²) in [4.78, 5) is 0. The molecule has 0 unspecified atom stereocenters. The third kappa shape index (κ3) is 4.07. The Labute approximate surface area is 116 Å². The molecule has 0 bridgehead atoms. The Morgan fingerprint density at radius 2 is 1.61 bits per heavy atom. The normalized spacial score (nSPS) is 10.2. The van der Waals surface area contributed by atoms with Crippen molar-refractivity contribution in [1.82, 2.24) is 0 Å². The third-order valence-corrected chi connectivity index (χ3v) is 3.06. The van der Waals surface area contributed by atoms with Crippen molar-refractivity contribution in [3.05, 3.63) is 17.7 Å². The van der Waals surface area contributed by atoms with Crippen molar-refractivity contribution < 1.29 is 18.9 Å². The molecule has 0 saturated heterocycles. The summed E-state index contributed by atoms with van der Waals surface area (Å²) < 4.78 is 21.3. The molecule has 0 N–H and O–H groups in total. The first-order chi connectivity index (χ1) is 8.76. The lowest BCUT2D eigenvalue weighted by atomic mass is 10.2. The average molecular weight is 319 g/mol. The molecular weight excluding hydrogens is 300 g/mol. The number of hydrogen-bond acceptors (Lipinski definition) is 4. The Kier molecular flexibility index (Phi) is 6.90. The van der Waals surface area contributed by atoms with Gasteiger partial charge in [-0.15, -0.1) is 0 Å². The van der Waals surface area contributed by atoms with E-state index in [-0.39, 0.29) is 0 Å². The van der Waals surface area contributed by atoms with Crippen LogP contribution in [0, 0.1) is 0 Å². The number of benzene rings is 1. The highest BCUT2D eigenvalue weighted by Gasteiger charge is 2.13. The Balaban J connectivity index is 2.85. The molecule has 1 aromatic rings. The second-order valence-electron chi connectivity index (χ2n) is 3.66. The van der Waals surface area contributed by atoms with E-state index in [1.54, 1.807) is 21.3 Å². The lowest BCUT2D eigenvalue weighted by Gasteiger charge is -2.15. The predicted molar refractivity (Wildman–Crippen MR) is 74.2 cm³/mol. The summed E-state index contributed by atoms with van der Waals surface area (Å²) in [5.74, 6) is 2.00. The van der Waals surface area contributed by atoms with Gasteiger partial charge in [0, 0.05) is 25.5 Å². The number of halogens is 1. The van der Waals surface area contributed by atoms with E-state index in [0.29, 0.717) is 30.5 Å². The van der Waals surface area contributed by atoms with Gasteiger partial charge in [0.2, 0.25) is 5.75 Å². The highest BCUT2D eigenvalue weighted by molar-refractivity contribution is 9.08. The van der Waals surface area contributed by atoms with Crippen molar-refractivity contribution in [3.8, 4) is 17.2 Å². The van der Waals surface area contributed by atoms with Crippen LogP contribution in [0.3, 0.4) is 0 Å². The van der Waals surface area contributed by atoms with Crippen LogP contribution in [0.4, 0.5) is 0 Å². The van der Waals surface area contributed by atoms with Gasteiger partial charge in [-0.05, 0) is 17.7 Å². The van der Waals surface area contributed by atoms with Gasteiger partial charge in [-0.25, -0.2) is 0 Å². The van der Waals surface area contributed by atoms with Crippen molar-refractivity contribution >= 4 is 15.9 Å². The molecule has 0 radical (unpaired) electrons. The summed E-state index contributed by atoms with van der Waals surface area (Å²) in [6.45, 7) is 1.23. The SMILES string of the molecule is COCCCOc1c(OC)cc(CBr)cc1OC. The lowest BCUT2D eigenvalue weighted by molar-refractivity contribution is 0.169. The zero-order valence-electron chi connectivity index (χ0n) is 11.0. The summed E-state index contributed by atoms with van der Waals surface area (Å²) >= 11 is 3.41. The zero-order valence-corrected chi connectivity index (χ0v) is 12.6. The molecule has 0 aliphatic carbocycles. The molecule has 4 nitrogen and oxygen atoms in total. The molecule has 0 aliphatic rings. The molecule has 1 aromatic carbocycles. The first-order valence-electron chi connectivity index (χ1n) is 5.69. The summed E-state index contributed by atoms with van der Waals surface area (Å²) in [6, 6.07) is 3.87. The van der Waals surface area contributed by atoms with Crippen LogP contribution in [-0.2, 0) is 10.1 Å². The van der Waals surface area contributed by atoms with E-state index in [2.05, 4.69) is 15.9 Å². The molecule has 0 saturated carbocycles. The summed E-state index contributed by atoms with van der Waals surface area (Å²) in [5, 5.41) is 0.740. The van der Waals surface area contributed by atoms with Crippen molar-refractivity contribution in [2.75, 3.05) is 34.5 Å². The van der Waals surface area contributed by atoms with Crippen molar-refractivity contribution in [2.45, 2.75) is 11.8 Å². The number of methoxy groups -OCH3 is 3. The van der Waals surface area contributed by atoms with E-state index in [9.17, 15) is 0 Å². The molecule has 5 heteroatoms. The van der Waals surface area contributed by atoms with Gasteiger partial charge in [-0.1, -0.05) is 15.9 Å². The van der Waals surface area contributed by atoms with Crippen LogP contribution in [0.25, 0.3) is 0 Å². The number of rotatable bonds is 8. The van der Waals surface area contributed by atoms with Gasteiger partial charge < -0.3 is 18.9 Å². The molecule has 18 heavy (non-hydrogen) atoms. The lowest BCUT2D eigenvalue weighted by Crippen LogP contribution is -2.04. The number of ether oxygens (including phenoxy) is 4. The van der Waals surface area contributed by atoms with E-state index in [4.69, 9.17) is 18.9 Å². The summed E-state index contributed by atoms with van der Waals surface area (Å²) in [7, 11) is 4.91. The van der Waals surface area contributed by atoms with E-state index < -0.39 is 0 Å². The standard InChI is InChI=1S/C13H19BrO4/c1-15-5-4-6-18-13-11(16-2)7-10(9-14)8-12(13)17-3/h7-8H,4-6,9H2,1-3H3. The topological polar surface area (TPSA) is 36.9 Å². The molecule has 0 atom stereocenters.